The number of rotatable bonds is 5. The van der Waals surface area contributed by atoms with Gasteiger partial charge in [0.2, 0.25) is 0 Å². The second kappa shape index (κ2) is 5.92. The topological polar surface area (TPSA) is 26.7 Å². The fourth-order valence-corrected chi connectivity index (χ4v) is 2.39. The zero-order valence-corrected chi connectivity index (χ0v) is 10.6. The first-order chi connectivity index (χ1) is 8.33. The minimum absolute atomic E-state index is 0.319. The van der Waals surface area contributed by atoms with Crippen LogP contribution in [0.2, 0.25) is 0 Å². The summed E-state index contributed by atoms with van der Waals surface area (Å²) in [4.78, 5) is 4.78. The van der Waals surface area contributed by atoms with Gasteiger partial charge in [-0.15, -0.1) is 0 Å². The number of nitrogens with zero attached hydrogens (tertiary/aromatic N) is 2. The summed E-state index contributed by atoms with van der Waals surface area (Å²) in [6.07, 6.45) is 3.21. The molecule has 0 saturated carbocycles. The van der Waals surface area contributed by atoms with Crippen LogP contribution in [-0.2, 0) is 0 Å². The van der Waals surface area contributed by atoms with Crippen molar-refractivity contribution in [2.75, 3.05) is 43.1 Å². The predicted octanol–water partition coefficient (Wildman–Crippen LogP) is 2.11. The minimum atomic E-state index is 0.319. The first-order valence-corrected chi connectivity index (χ1v) is 6.49. The molecule has 17 heavy (non-hydrogen) atoms. The van der Waals surface area contributed by atoms with Gasteiger partial charge in [0.05, 0.1) is 11.4 Å². The zero-order valence-electron chi connectivity index (χ0n) is 10.6. The number of unbranched alkanes of at least 4 members (excludes halogenated alkanes) is 2. The third-order valence-electron chi connectivity index (χ3n) is 3.43. The average molecular weight is 234 g/mol. The van der Waals surface area contributed by atoms with Gasteiger partial charge in [0.25, 0.3) is 0 Å². The number of hydrogen-bond acceptors (Lipinski definition) is 3. The van der Waals surface area contributed by atoms with Gasteiger partial charge in [-0.3, -0.25) is 0 Å². The summed E-state index contributed by atoms with van der Waals surface area (Å²) in [6, 6.07) is 8.61. The number of para-hydroxylation sites is 2. The van der Waals surface area contributed by atoms with Crippen LogP contribution in [0.1, 0.15) is 19.3 Å². The fourth-order valence-electron chi connectivity index (χ4n) is 2.39. The zero-order chi connectivity index (χ0) is 12.1. The van der Waals surface area contributed by atoms with E-state index in [0.29, 0.717) is 6.61 Å². The minimum Gasteiger partial charge on any atom is -0.396 e. The SMILES string of the molecule is CN1CCN(CCCCCO)c2ccccc21. The van der Waals surface area contributed by atoms with Crippen molar-refractivity contribution < 1.29 is 5.11 Å². The number of hydrogen-bond donors (Lipinski definition) is 1. The van der Waals surface area contributed by atoms with E-state index in [-0.39, 0.29) is 0 Å². The molecule has 1 N–H and O–H groups in total. The van der Waals surface area contributed by atoms with E-state index in [0.717, 1.165) is 32.5 Å². The Morgan fingerprint density at radius 3 is 2.59 bits per heavy atom. The Kier molecular flexibility index (Phi) is 4.26. The molecule has 0 amide bonds. The van der Waals surface area contributed by atoms with Crippen LogP contribution < -0.4 is 9.80 Å². The molecule has 0 fully saturated rings. The van der Waals surface area contributed by atoms with Crippen LogP contribution >= 0.6 is 0 Å². The Morgan fingerprint density at radius 2 is 1.82 bits per heavy atom. The molecule has 0 spiro atoms. The number of anilines is 2. The Morgan fingerprint density at radius 1 is 1.06 bits per heavy atom. The molecule has 94 valence electrons. The van der Waals surface area contributed by atoms with E-state index >= 15 is 0 Å². The van der Waals surface area contributed by atoms with Crippen LogP contribution in [0.4, 0.5) is 11.4 Å². The lowest BCUT2D eigenvalue weighted by Crippen LogP contribution is -2.39. The van der Waals surface area contributed by atoms with Crippen LogP contribution in [-0.4, -0.2) is 38.4 Å². The summed E-state index contributed by atoms with van der Waals surface area (Å²) in [7, 11) is 2.15. The normalized spacial score (nSPS) is 14.9. The molecule has 0 unspecified atom stereocenters. The molecule has 3 heteroatoms. The summed E-state index contributed by atoms with van der Waals surface area (Å²) in [5.74, 6) is 0. The summed E-state index contributed by atoms with van der Waals surface area (Å²) in [5.41, 5.74) is 2.69. The van der Waals surface area contributed by atoms with Crippen molar-refractivity contribution in [3.8, 4) is 0 Å². The standard InChI is InChI=1S/C14H22N2O/c1-15-10-11-16(9-5-2-6-12-17)14-8-4-3-7-13(14)15/h3-4,7-8,17H,2,5-6,9-12H2,1H3. The first-order valence-electron chi connectivity index (χ1n) is 6.49. The van der Waals surface area contributed by atoms with E-state index in [9.17, 15) is 0 Å². The highest BCUT2D eigenvalue weighted by atomic mass is 16.2. The molecule has 3 nitrogen and oxygen atoms in total. The van der Waals surface area contributed by atoms with E-state index < -0.39 is 0 Å². The van der Waals surface area contributed by atoms with Crippen molar-refractivity contribution in [3.05, 3.63) is 24.3 Å². The summed E-state index contributed by atoms with van der Waals surface area (Å²) >= 11 is 0. The van der Waals surface area contributed by atoms with Crippen LogP contribution in [0.3, 0.4) is 0 Å². The van der Waals surface area contributed by atoms with Crippen molar-refractivity contribution in [3.63, 3.8) is 0 Å². The molecule has 0 atom stereocenters. The molecule has 2 rings (SSSR count). The van der Waals surface area contributed by atoms with Gasteiger partial charge in [-0.25, -0.2) is 0 Å². The van der Waals surface area contributed by atoms with Gasteiger partial charge in [-0.05, 0) is 31.4 Å². The van der Waals surface area contributed by atoms with E-state index in [2.05, 4.69) is 41.1 Å². The highest BCUT2D eigenvalue weighted by Gasteiger charge is 2.18. The lowest BCUT2D eigenvalue weighted by Gasteiger charge is -2.37. The molecule has 1 aliphatic rings. The Bertz CT molecular complexity index is 354. The van der Waals surface area contributed by atoms with E-state index in [1.807, 2.05) is 0 Å². The van der Waals surface area contributed by atoms with Gasteiger partial charge in [-0.1, -0.05) is 12.1 Å². The molecule has 1 heterocycles. The van der Waals surface area contributed by atoms with E-state index in [1.54, 1.807) is 0 Å². The second-order valence-corrected chi connectivity index (χ2v) is 4.68. The third-order valence-corrected chi connectivity index (χ3v) is 3.43. The second-order valence-electron chi connectivity index (χ2n) is 4.68. The highest BCUT2D eigenvalue weighted by molar-refractivity contribution is 5.72. The van der Waals surface area contributed by atoms with Crippen molar-refractivity contribution in [2.24, 2.45) is 0 Å². The average Bonchev–Trinajstić information content (AvgIpc) is 2.37. The molecule has 0 aromatic heterocycles. The molecule has 1 aliphatic heterocycles. The van der Waals surface area contributed by atoms with Crippen molar-refractivity contribution in [2.45, 2.75) is 19.3 Å². The molecular weight excluding hydrogens is 212 g/mol. The number of benzene rings is 1. The van der Waals surface area contributed by atoms with Gasteiger partial charge >= 0.3 is 0 Å². The third kappa shape index (κ3) is 2.91. The van der Waals surface area contributed by atoms with Gasteiger partial charge in [0.15, 0.2) is 0 Å². The quantitative estimate of drug-likeness (QED) is 0.790. The number of aliphatic hydroxyl groups is 1. The monoisotopic (exact) mass is 234 g/mol. The van der Waals surface area contributed by atoms with Gasteiger partial charge in [-0.2, -0.15) is 0 Å². The van der Waals surface area contributed by atoms with Crippen molar-refractivity contribution in [1.29, 1.82) is 0 Å². The maximum absolute atomic E-state index is 8.78. The molecule has 1 aromatic carbocycles. The molecule has 0 radical (unpaired) electrons. The number of aliphatic hydroxyl groups excluding tert-OH is 1. The highest BCUT2D eigenvalue weighted by Crippen LogP contribution is 2.31. The van der Waals surface area contributed by atoms with Crippen LogP contribution in [0.15, 0.2) is 24.3 Å². The van der Waals surface area contributed by atoms with E-state index in [1.165, 1.54) is 17.8 Å². The van der Waals surface area contributed by atoms with Crippen molar-refractivity contribution >= 4 is 11.4 Å². The van der Waals surface area contributed by atoms with Gasteiger partial charge in [0, 0.05) is 33.3 Å². The summed E-state index contributed by atoms with van der Waals surface area (Å²) in [5, 5.41) is 8.78. The molecule has 0 saturated heterocycles. The van der Waals surface area contributed by atoms with Crippen LogP contribution in [0.25, 0.3) is 0 Å². The fraction of sp³-hybridized carbons (Fsp3) is 0.571. The van der Waals surface area contributed by atoms with Crippen LogP contribution in [0.5, 0.6) is 0 Å². The number of likely N-dealkylation sites (N-methyl/N-ethyl adjacent to an activating group) is 1. The summed E-state index contributed by atoms with van der Waals surface area (Å²) in [6.45, 7) is 3.62. The van der Waals surface area contributed by atoms with Gasteiger partial charge in [0.1, 0.15) is 0 Å². The Balaban J connectivity index is 1.98. The smallest absolute Gasteiger partial charge is 0.0604 e. The van der Waals surface area contributed by atoms with Crippen LogP contribution in [0, 0.1) is 0 Å². The maximum atomic E-state index is 8.78. The van der Waals surface area contributed by atoms with Crippen molar-refractivity contribution in [1.82, 2.24) is 0 Å². The first kappa shape index (κ1) is 12.2. The lowest BCUT2D eigenvalue weighted by molar-refractivity contribution is 0.283. The molecule has 1 aromatic rings. The largest absolute Gasteiger partial charge is 0.396 e. The summed E-state index contributed by atoms with van der Waals surface area (Å²) < 4.78 is 0. The number of fused-ring (bicyclic) bond motifs is 1. The molecular formula is C14H22N2O. The predicted molar refractivity (Wildman–Crippen MR) is 72.9 cm³/mol. The molecule has 0 aliphatic carbocycles. The maximum Gasteiger partial charge on any atom is 0.0604 e. The van der Waals surface area contributed by atoms with Gasteiger partial charge < -0.3 is 14.9 Å². The molecule has 0 bridgehead atoms. The Labute approximate surface area is 104 Å². The Hall–Kier alpha value is -1.22. The van der Waals surface area contributed by atoms with E-state index in [4.69, 9.17) is 5.11 Å². The lowest BCUT2D eigenvalue weighted by atomic mass is 10.1.